The Morgan fingerprint density at radius 2 is 2.33 bits per heavy atom. The third-order valence-electron chi connectivity index (χ3n) is 0.219. The van der Waals surface area contributed by atoms with Gasteiger partial charge in [-0.25, -0.2) is 0 Å². The Labute approximate surface area is 36.4 Å². The van der Waals surface area contributed by atoms with E-state index in [0.717, 1.165) is 6.26 Å². The topological polar surface area (TPSA) is 29.5 Å². The van der Waals surface area contributed by atoms with Crippen molar-refractivity contribution in [1.29, 1.82) is 0 Å². The molecule has 2 nitrogen and oxygen atoms in total. The van der Waals surface area contributed by atoms with Gasteiger partial charge in [-0.05, 0) is 6.58 Å². The number of hydrogen-bond donors (Lipinski definition) is 1. The third-order valence-corrected chi connectivity index (χ3v) is 0.219. The predicted molar refractivity (Wildman–Crippen MR) is 23.1 cm³/mol. The van der Waals surface area contributed by atoms with Crippen LogP contribution in [0.3, 0.4) is 0 Å². The highest BCUT2D eigenvalue weighted by Gasteiger charge is 1.72. The SMILES string of the molecule is C=COC(=C)O. The van der Waals surface area contributed by atoms with Crippen molar-refractivity contribution < 1.29 is 9.84 Å². The molecule has 6 heavy (non-hydrogen) atoms. The number of rotatable bonds is 2. The monoisotopic (exact) mass is 86.0 g/mol. The maximum absolute atomic E-state index is 8.06. The number of hydrogen-bond acceptors (Lipinski definition) is 2. The minimum atomic E-state index is -0.329. The zero-order chi connectivity index (χ0) is 4.99. The fourth-order valence-corrected chi connectivity index (χ4v) is 0.0962. The van der Waals surface area contributed by atoms with Gasteiger partial charge in [0.1, 0.15) is 0 Å². The molecular weight excluding hydrogens is 80.0 g/mol. The number of aliphatic hydroxyl groups excluding tert-OH is 1. The van der Waals surface area contributed by atoms with Gasteiger partial charge in [0.25, 0.3) is 5.95 Å². The van der Waals surface area contributed by atoms with Crippen LogP contribution in [0.2, 0.25) is 0 Å². The Hall–Kier alpha value is -0.920. The molecule has 0 amide bonds. The van der Waals surface area contributed by atoms with Crippen molar-refractivity contribution in [3.63, 3.8) is 0 Å². The molecule has 0 aromatic carbocycles. The molecule has 0 aliphatic carbocycles. The van der Waals surface area contributed by atoms with Gasteiger partial charge in [0.15, 0.2) is 0 Å². The van der Waals surface area contributed by atoms with Gasteiger partial charge in [0, 0.05) is 0 Å². The van der Waals surface area contributed by atoms with Crippen molar-refractivity contribution >= 4 is 0 Å². The van der Waals surface area contributed by atoms with Crippen LogP contribution in [-0.4, -0.2) is 5.11 Å². The van der Waals surface area contributed by atoms with Gasteiger partial charge < -0.3 is 9.84 Å². The van der Waals surface area contributed by atoms with E-state index in [1.165, 1.54) is 0 Å². The molecule has 0 heterocycles. The zero-order valence-corrected chi connectivity index (χ0v) is 3.35. The molecule has 0 aliphatic heterocycles. The van der Waals surface area contributed by atoms with E-state index in [9.17, 15) is 0 Å². The van der Waals surface area contributed by atoms with Crippen LogP contribution >= 0.6 is 0 Å². The lowest BCUT2D eigenvalue weighted by Gasteiger charge is -1.88. The van der Waals surface area contributed by atoms with E-state index in [1.807, 2.05) is 0 Å². The summed E-state index contributed by atoms with van der Waals surface area (Å²) in [5, 5.41) is 8.06. The highest BCUT2D eigenvalue weighted by Crippen LogP contribution is 1.81. The maximum atomic E-state index is 8.06. The van der Waals surface area contributed by atoms with Crippen LogP contribution in [0, 0.1) is 0 Å². The second-order valence-electron chi connectivity index (χ2n) is 0.678. The van der Waals surface area contributed by atoms with Crippen molar-refractivity contribution in [3.05, 3.63) is 25.4 Å². The van der Waals surface area contributed by atoms with Gasteiger partial charge in [-0.1, -0.05) is 6.58 Å². The molecule has 0 aromatic rings. The molecule has 1 N–H and O–H groups in total. The highest BCUT2D eigenvalue weighted by atomic mass is 16.6. The summed E-state index contributed by atoms with van der Waals surface area (Å²) in [6, 6.07) is 0. The highest BCUT2D eigenvalue weighted by molar-refractivity contribution is 4.67. The van der Waals surface area contributed by atoms with Gasteiger partial charge in [0.2, 0.25) is 0 Å². The Balaban J connectivity index is 3.05. The van der Waals surface area contributed by atoms with Crippen LogP contribution in [0.15, 0.2) is 25.4 Å². The van der Waals surface area contributed by atoms with Gasteiger partial charge in [-0.3, -0.25) is 0 Å². The second-order valence-corrected chi connectivity index (χ2v) is 0.678. The van der Waals surface area contributed by atoms with E-state index in [-0.39, 0.29) is 5.95 Å². The zero-order valence-electron chi connectivity index (χ0n) is 3.35. The third kappa shape index (κ3) is 3.08. The summed E-state index contributed by atoms with van der Waals surface area (Å²) in [4.78, 5) is 0. The Bertz CT molecular complexity index is 65.9. The van der Waals surface area contributed by atoms with Crippen molar-refractivity contribution in [2.75, 3.05) is 0 Å². The summed E-state index contributed by atoms with van der Waals surface area (Å²) in [7, 11) is 0. The molecule has 0 radical (unpaired) electrons. The molecule has 0 aromatic heterocycles. The van der Waals surface area contributed by atoms with Crippen molar-refractivity contribution in [1.82, 2.24) is 0 Å². The number of aliphatic hydroxyl groups is 1. The van der Waals surface area contributed by atoms with Crippen LogP contribution < -0.4 is 0 Å². The Kier molecular flexibility index (Phi) is 1.97. The van der Waals surface area contributed by atoms with Crippen LogP contribution in [0.4, 0.5) is 0 Å². The standard InChI is InChI=1S/C4H6O2/c1-3-6-4(2)5/h3,5H,1-2H2. The van der Waals surface area contributed by atoms with Crippen molar-refractivity contribution in [2.45, 2.75) is 0 Å². The van der Waals surface area contributed by atoms with Crippen molar-refractivity contribution in [3.8, 4) is 0 Å². The molecule has 0 saturated carbocycles. The first-order valence-corrected chi connectivity index (χ1v) is 1.43. The molecule has 34 valence electrons. The molecule has 2 heteroatoms. The molecule has 0 unspecified atom stereocenters. The van der Waals surface area contributed by atoms with Crippen LogP contribution in [-0.2, 0) is 4.74 Å². The predicted octanol–water partition coefficient (Wildman–Crippen LogP) is 1.18. The molecule has 0 fully saturated rings. The quantitative estimate of drug-likeness (QED) is 0.511. The molecule has 0 atom stereocenters. The van der Waals surface area contributed by atoms with E-state index in [2.05, 4.69) is 17.9 Å². The van der Waals surface area contributed by atoms with Gasteiger partial charge in [0.05, 0.1) is 6.26 Å². The number of ether oxygens (including phenoxy) is 1. The molecular formula is C4H6O2. The summed E-state index contributed by atoms with van der Waals surface area (Å²) >= 11 is 0. The minimum Gasteiger partial charge on any atom is -0.481 e. The average molecular weight is 86.1 g/mol. The lowest BCUT2D eigenvalue weighted by Crippen LogP contribution is -1.74. The van der Waals surface area contributed by atoms with E-state index in [4.69, 9.17) is 5.11 Å². The van der Waals surface area contributed by atoms with E-state index in [0.29, 0.717) is 0 Å². The van der Waals surface area contributed by atoms with Gasteiger partial charge >= 0.3 is 0 Å². The molecule has 0 bridgehead atoms. The smallest absolute Gasteiger partial charge is 0.273 e. The average Bonchev–Trinajstić information content (AvgIpc) is 1.35. The Morgan fingerprint density at radius 1 is 1.83 bits per heavy atom. The summed E-state index contributed by atoms with van der Waals surface area (Å²) in [5.74, 6) is -0.329. The fourth-order valence-electron chi connectivity index (χ4n) is 0.0962. The minimum absolute atomic E-state index is 0.329. The molecule has 0 rings (SSSR count). The van der Waals surface area contributed by atoms with E-state index >= 15 is 0 Å². The molecule has 0 saturated heterocycles. The van der Waals surface area contributed by atoms with Gasteiger partial charge in [-0.15, -0.1) is 0 Å². The van der Waals surface area contributed by atoms with Crippen LogP contribution in [0.1, 0.15) is 0 Å². The normalized spacial score (nSPS) is 6.67. The largest absolute Gasteiger partial charge is 0.481 e. The second kappa shape index (κ2) is 2.33. The fraction of sp³-hybridized carbons (Fsp3) is 0. The van der Waals surface area contributed by atoms with Crippen molar-refractivity contribution in [2.24, 2.45) is 0 Å². The summed E-state index contributed by atoms with van der Waals surface area (Å²) in [6.07, 6.45) is 1.10. The van der Waals surface area contributed by atoms with Crippen LogP contribution in [0.5, 0.6) is 0 Å². The van der Waals surface area contributed by atoms with Crippen LogP contribution in [0.25, 0.3) is 0 Å². The Morgan fingerprint density at radius 3 is 2.33 bits per heavy atom. The lowest BCUT2D eigenvalue weighted by molar-refractivity contribution is 0.171. The van der Waals surface area contributed by atoms with Gasteiger partial charge in [-0.2, -0.15) is 0 Å². The summed E-state index contributed by atoms with van der Waals surface area (Å²) < 4.78 is 4.17. The lowest BCUT2D eigenvalue weighted by atomic mass is 11.0. The summed E-state index contributed by atoms with van der Waals surface area (Å²) in [5.41, 5.74) is 0. The maximum Gasteiger partial charge on any atom is 0.273 e. The first-order chi connectivity index (χ1) is 2.77. The summed E-state index contributed by atoms with van der Waals surface area (Å²) in [6.45, 7) is 6.16. The first kappa shape index (κ1) is 5.08. The molecule has 0 spiro atoms. The first-order valence-electron chi connectivity index (χ1n) is 1.43. The van der Waals surface area contributed by atoms with E-state index in [1.54, 1.807) is 0 Å². The molecule has 0 aliphatic rings. The van der Waals surface area contributed by atoms with E-state index < -0.39 is 0 Å².